The van der Waals surface area contributed by atoms with E-state index in [0.29, 0.717) is 5.69 Å². The molecule has 1 nitrogen and oxygen atoms in total. The summed E-state index contributed by atoms with van der Waals surface area (Å²) in [6.07, 6.45) is -2.85. The highest BCUT2D eigenvalue weighted by Gasteiger charge is 2.33. The van der Waals surface area contributed by atoms with Crippen LogP contribution in [0.4, 0.5) is 13.2 Å². The van der Waals surface area contributed by atoms with Gasteiger partial charge in [-0.2, -0.15) is 13.2 Å². The lowest BCUT2D eigenvalue weighted by Gasteiger charge is -2.12. The quantitative estimate of drug-likeness (QED) is 0.728. The molecule has 4 heteroatoms. The fourth-order valence-electron chi connectivity index (χ4n) is 1.64. The Balaban J connectivity index is 2.60. The van der Waals surface area contributed by atoms with Gasteiger partial charge in [0.2, 0.25) is 0 Å². The minimum absolute atomic E-state index is 0.115. The van der Waals surface area contributed by atoms with Crippen molar-refractivity contribution in [2.45, 2.75) is 13.1 Å². The molecular weight excluding hydrogens is 227 g/mol. The normalized spacial score (nSPS) is 11.5. The highest BCUT2D eigenvalue weighted by Crippen LogP contribution is 2.36. The second-order valence-electron chi connectivity index (χ2n) is 3.76. The fraction of sp³-hybridized carbons (Fsp3) is 0.154. The lowest BCUT2D eigenvalue weighted by molar-refractivity contribution is -0.137. The van der Waals surface area contributed by atoms with Crippen molar-refractivity contribution in [2.75, 3.05) is 0 Å². The van der Waals surface area contributed by atoms with Crippen LogP contribution in [0.3, 0.4) is 0 Å². The maximum atomic E-state index is 12.8. The van der Waals surface area contributed by atoms with E-state index in [2.05, 4.69) is 4.98 Å². The number of rotatable bonds is 1. The number of halogens is 3. The summed E-state index contributed by atoms with van der Waals surface area (Å²) in [5, 5.41) is 0. The smallest absolute Gasteiger partial charge is 0.256 e. The van der Waals surface area contributed by atoms with Crippen LogP contribution in [0.2, 0.25) is 0 Å². The molecule has 0 amide bonds. The average Bonchev–Trinajstić information content (AvgIpc) is 2.28. The van der Waals surface area contributed by atoms with Crippen molar-refractivity contribution in [1.82, 2.24) is 4.98 Å². The summed E-state index contributed by atoms with van der Waals surface area (Å²) >= 11 is 0. The van der Waals surface area contributed by atoms with Gasteiger partial charge < -0.3 is 0 Å². The first-order valence-electron chi connectivity index (χ1n) is 5.08. The second-order valence-corrected chi connectivity index (χ2v) is 3.76. The van der Waals surface area contributed by atoms with E-state index < -0.39 is 11.7 Å². The van der Waals surface area contributed by atoms with Crippen molar-refractivity contribution in [3.8, 4) is 11.3 Å². The molecule has 0 saturated carbocycles. The molecule has 0 atom stereocenters. The van der Waals surface area contributed by atoms with Gasteiger partial charge in [0.1, 0.15) is 0 Å². The first kappa shape index (κ1) is 11.6. The molecule has 2 rings (SSSR count). The molecule has 0 saturated heterocycles. The Morgan fingerprint density at radius 2 is 1.76 bits per heavy atom. The van der Waals surface area contributed by atoms with Crippen molar-refractivity contribution >= 4 is 0 Å². The lowest BCUT2D eigenvalue weighted by atomic mass is 10.0. The van der Waals surface area contributed by atoms with Crippen LogP contribution in [0.25, 0.3) is 11.3 Å². The van der Waals surface area contributed by atoms with E-state index in [-0.39, 0.29) is 5.56 Å². The Morgan fingerprint density at radius 1 is 1.06 bits per heavy atom. The monoisotopic (exact) mass is 237 g/mol. The maximum Gasteiger partial charge on any atom is 0.417 e. The van der Waals surface area contributed by atoms with E-state index in [1.54, 1.807) is 18.2 Å². The highest BCUT2D eigenvalue weighted by molar-refractivity contribution is 5.64. The van der Waals surface area contributed by atoms with Gasteiger partial charge >= 0.3 is 6.18 Å². The first-order chi connectivity index (χ1) is 7.98. The molecule has 0 aliphatic rings. The van der Waals surface area contributed by atoms with Gasteiger partial charge in [0, 0.05) is 11.8 Å². The number of benzene rings is 1. The van der Waals surface area contributed by atoms with E-state index in [1.165, 1.54) is 18.3 Å². The van der Waals surface area contributed by atoms with Gasteiger partial charge in [-0.1, -0.05) is 18.2 Å². The zero-order chi connectivity index (χ0) is 12.5. The minimum Gasteiger partial charge on any atom is -0.256 e. The maximum absolute atomic E-state index is 12.8. The molecule has 0 aliphatic carbocycles. The Hall–Kier alpha value is -1.84. The van der Waals surface area contributed by atoms with Crippen molar-refractivity contribution in [2.24, 2.45) is 0 Å². The van der Waals surface area contributed by atoms with Crippen molar-refractivity contribution in [1.29, 1.82) is 0 Å². The van der Waals surface area contributed by atoms with E-state index in [4.69, 9.17) is 0 Å². The van der Waals surface area contributed by atoms with Crippen LogP contribution in [0.5, 0.6) is 0 Å². The van der Waals surface area contributed by atoms with Gasteiger partial charge in [-0.15, -0.1) is 0 Å². The number of pyridine rings is 1. The fourth-order valence-corrected chi connectivity index (χ4v) is 1.64. The van der Waals surface area contributed by atoms with Gasteiger partial charge in [-0.3, -0.25) is 4.98 Å². The number of hydrogen-bond acceptors (Lipinski definition) is 1. The van der Waals surface area contributed by atoms with Crippen LogP contribution >= 0.6 is 0 Å². The number of aryl methyl sites for hydroxylation is 1. The highest BCUT2D eigenvalue weighted by atomic mass is 19.4. The number of aromatic nitrogens is 1. The Morgan fingerprint density at radius 3 is 2.41 bits per heavy atom. The third kappa shape index (κ3) is 2.46. The van der Waals surface area contributed by atoms with Crippen molar-refractivity contribution in [3.05, 3.63) is 53.7 Å². The summed E-state index contributed by atoms with van der Waals surface area (Å²) in [4.78, 5) is 3.98. The molecule has 1 aromatic carbocycles. The van der Waals surface area contributed by atoms with Crippen molar-refractivity contribution < 1.29 is 13.2 Å². The Labute approximate surface area is 96.9 Å². The molecule has 0 N–H and O–H groups in total. The predicted octanol–water partition coefficient (Wildman–Crippen LogP) is 4.08. The largest absolute Gasteiger partial charge is 0.417 e. The molecular formula is C13H10F3N. The SMILES string of the molecule is Cc1ccnc(-c2ccccc2C(F)(F)F)c1. The van der Waals surface area contributed by atoms with Gasteiger partial charge in [-0.05, 0) is 30.7 Å². The predicted molar refractivity (Wildman–Crippen MR) is 59.4 cm³/mol. The van der Waals surface area contributed by atoms with Crippen LogP contribution < -0.4 is 0 Å². The second kappa shape index (κ2) is 4.20. The number of alkyl halides is 3. The molecule has 88 valence electrons. The molecule has 0 aliphatic heterocycles. The molecule has 0 fully saturated rings. The summed E-state index contributed by atoms with van der Waals surface area (Å²) in [5.74, 6) is 0. The van der Waals surface area contributed by atoms with Gasteiger partial charge in [0.25, 0.3) is 0 Å². The Kier molecular flexibility index (Phi) is 2.88. The van der Waals surface area contributed by atoms with Gasteiger partial charge in [0.15, 0.2) is 0 Å². The van der Waals surface area contributed by atoms with E-state index >= 15 is 0 Å². The summed E-state index contributed by atoms with van der Waals surface area (Å²) in [6.45, 7) is 1.82. The molecule has 17 heavy (non-hydrogen) atoms. The average molecular weight is 237 g/mol. The third-order valence-corrected chi connectivity index (χ3v) is 2.42. The standard InChI is InChI=1S/C13H10F3N/c1-9-6-7-17-12(8-9)10-4-2-3-5-11(10)13(14,15)16/h2-8H,1H3. The molecule has 0 unspecified atom stereocenters. The van der Waals surface area contributed by atoms with Crippen LogP contribution in [-0.4, -0.2) is 4.98 Å². The lowest BCUT2D eigenvalue weighted by Crippen LogP contribution is -2.07. The third-order valence-electron chi connectivity index (χ3n) is 2.42. The van der Waals surface area contributed by atoms with E-state index in [1.807, 2.05) is 6.92 Å². The van der Waals surface area contributed by atoms with Crippen molar-refractivity contribution in [3.63, 3.8) is 0 Å². The molecule has 2 aromatic rings. The summed E-state index contributed by atoms with van der Waals surface area (Å²) in [5.41, 5.74) is 0.687. The minimum atomic E-state index is -4.36. The van der Waals surface area contributed by atoms with Crippen LogP contribution in [0.15, 0.2) is 42.6 Å². The van der Waals surface area contributed by atoms with Gasteiger partial charge in [0.05, 0.1) is 11.3 Å². The van der Waals surface area contributed by atoms with Crippen LogP contribution in [0, 0.1) is 6.92 Å². The summed E-state index contributed by atoms with van der Waals surface area (Å²) in [7, 11) is 0. The zero-order valence-corrected chi connectivity index (χ0v) is 9.12. The van der Waals surface area contributed by atoms with E-state index in [9.17, 15) is 13.2 Å². The van der Waals surface area contributed by atoms with Crippen LogP contribution in [0.1, 0.15) is 11.1 Å². The molecule has 1 heterocycles. The Bertz CT molecular complexity index is 532. The topological polar surface area (TPSA) is 12.9 Å². The number of nitrogens with zero attached hydrogens (tertiary/aromatic N) is 1. The summed E-state index contributed by atoms with van der Waals surface area (Å²) < 4.78 is 38.4. The van der Waals surface area contributed by atoms with Crippen LogP contribution in [-0.2, 0) is 6.18 Å². The van der Waals surface area contributed by atoms with E-state index in [0.717, 1.165) is 11.6 Å². The molecule has 0 bridgehead atoms. The molecule has 0 radical (unpaired) electrons. The molecule has 1 aromatic heterocycles. The van der Waals surface area contributed by atoms with Gasteiger partial charge in [-0.25, -0.2) is 0 Å². The summed E-state index contributed by atoms with van der Waals surface area (Å²) in [6, 6.07) is 8.85. The molecule has 0 spiro atoms. The first-order valence-corrected chi connectivity index (χ1v) is 5.08. The number of hydrogen-bond donors (Lipinski definition) is 0. The zero-order valence-electron chi connectivity index (χ0n) is 9.12.